The molecule has 1 aliphatic heterocycles. The van der Waals surface area contributed by atoms with Crippen molar-refractivity contribution in [2.75, 3.05) is 13.1 Å². The van der Waals surface area contributed by atoms with Crippen molar-refractivity contribution in [3.8, 4) is 11.1 Å². The molecule has 6 nitrogen and oxygen atoms in total. The summed E-state index contributed by atoms with van der Waals surface area (Å²) in [4.78, 5) is 32.2. The van der Waals surface area contributed by atoms with Crippen LogP contribution < -0.4 is 5.32 Å². The molecule has 0 unspecified atom stereocenters. The van der Waals surface area contributed by atoms with E-state index in [9.17, 15) is 9.59 Å². The third-order valence-corrected chi connectivity index (χ3v) is 6.07. The molecule has 2 amide bonds. The summed E-state index contributed by atoms with van der Waals surface area (Å²) in [6.07, 6.45) is 3.45. The van der Waals surface area contributed by atoms with Crippen molar-refractivity contribution in [2.24, 2.45) is 0 Å². The SMILES string of the molecule is Cc1ccc(-c2cc(C(=O)NCc3ccc4ocnc4c3)cc(C(=O)N3CCCC3)c2)cc1. The van der Waals surface area contributed by atoms with E-state index < -0.39 is 0 Å². The van der Waals surface area contributed by atoms with Gasteiger partial charge in [0.05, 0.1) is 0 Å². The molecule has 0 aliphatic carbocycles. The van der Waals surface area contributed by atoms with Crippen molar-refractivity contribution in [2.45, 2.75) is 26.3 Å². The van der Waals surface area contributed by atoms with E-state index in [1.54, 1.807) is 6.07 Å². The molecule has 5 rings (SSSR count). The zero-order valence-electron chi connectivity index (χ0n) is 18.5. The Hall–Kier alpha value is -3.93. The molecule has 0 saturated carbocycles. The number of aryl methyl sites for hydroxylation is 1. The summed E-state index contributed by atoms with van der Waals surface area (Å²) >= 11 is 0. The lowest BCUT2D eigenvalue weighted by molar-refractivity contribution is 0.0793. The van der Waals surface area contributed by atoms with Crippen LogP contribution in [0.4, 0.5) is 0 Å². The highest BCUT2D eigenvalue weighted by Crippen LogP contribution is 2.25. The van der Waals surface area contributed by atoms with Crippen molar-refractivity contribution in [1.82, 2.24) is 15.2 Å². The van der Waals surface area contributed by atoms with Crippen LogP contribution in [0, 0.1) is 6.92 Å². The molecule has 1 saturated heterocycles. The Morgan fingerprint density at radius 1 is 0.939 bits per heavy atom. The minimum absolute atomic E-state index is 0.0213. The fourth-order valence-corrected chi connectivity index (χ4v) is 4.20. The maximum atomic E-state index is 13.1. The zero-order valence-corrected chi connectivity index (χ0v) is 18.5. The van der Waals surface area contributed by atoms with Crippen molar-refractivity contribution in [1.29, 1.82) is 0 Å². The first kappa shape index (κ1) is 20.9. The summed E-state index contributed by atoms with van der Waals surface area (Å²) in [5.41, 5.74) is 6.39. The highest BCUT2D eigenvalue weighted by atomic mass is 16.3. The van der Waals surface area contributed by atoms with Crippen molar-refractivity contribution in [3.63, 3.8) is 0 Å². The number of benzene rings is 3. The van der Waals surface area contributed by atoms with Gasteiger partial charge in [0.2, 0.25) is 0 Å². The first-order valence-corrected chi connectivity index (χ1v) is 11.2. The number of carbonyl (C=O) groups excluding carboxylic acids is 2. The lowest BCUT2D eigenvalue weighted by atomic mass is 9.98. The van der Waals surface area contributed by atoms with Gasteiger partial charge in [0, 0.05) is 30.8 Å². The Bertz CT molecular complexity index is 1320. The highest BCUT2D eigenvalue weighted by Gasteiger charge is 2.21. The van der Waals surface area contributed by atoms with E-state index in [0.29, 0.717) is 23.3 Å². The van der Waals surface area contributed by atoms with E-state index in [1.807, 2.05) is 66.4 Å². The summed E-state index contributed by atoms with van der Waals surface area (Å²) in [6.45, 7) is 3.91. The number of amides is 2. The van der Waals surface area contributed by atoms with Gasteiger partial charge in [-0.3, -0.25) is 9.59 Å². The third-order valence-electron chi connectivity index (χ3n) is 6.07. The normalized spacial score (nSPS) is 13.4. The third kappa shape index (κ3) is 4.51. The number of carbonyl (C=O) groups is 2. The van der Waals surface area contributed by atoms with Gasteiger partial charge in [-0.1, -0.05) is 35.9 Å². The summed E-state index contributed by atoms with van der Waals surface area (Å²) in [7, 11) is 0. The standard InChI is InChI=1S/C27H25N3O3/c1-18-4-7-20(8-5-18)21-13-22(15-23(14-21)27(32)30-10-2-3-11-30)26(31)28-16-19-6-9-25-24(12-19)29-17-33-25/h4-9,12-15,17H,2-3,10-11,16H2,1H3,(H,28,31). The number of hydrogen-bond acceptors (Lipinski definition) is 4. The molecule has 1 aliphatic rings. The molecule has 1 aromatic heterocycles. The van der Waals surface area contributed by atoms with Crippen molar-refractivity contribution < 1.29 is 14.0 Å². The largest absolute Gasteiger partial charge is 0.443 e. The number of oxazole rings is 1. The van der Waals surface area contributed by atoms with Crippen LogP contribution >= 0.6 is 0 Å². The Labute approximate surface area is 192 Å². The van der Waals surface area contributed by atoms with Gasteiger partial charge in [0.25, 0.3) is 11.8 Å². The van der Waals surface area contributed by atoms with Gasteiger partial charge in [-0.2, -0.15) is 0 Å². The predicted octanol–water partition coefficient (Wildman–Crippen LogP) is 4.97. The van der Waals surface area contributed by atoms with Gasteiger partial charge >= 0.3 is 0 Å². The average Bonchev–Trinajstić information content (AvgIpc) is 3.54. The van der Waals surface area contributed by atoms with Crippen molar-refractivity contribution in [3.05, 3.63) is 89.3 Å². The first-order chi connectivity index (χ1) is 16.1. The van der Waals surface area contributed by atoms with Crippen LogP contribution in [0.15, 0.2) is 71.5 Å². The molecule has 3 aromatic carbocycles. The number of nitrogens with zero attached hydrogens (tertiary/aromatic N) is 2. The van der Waals surface area contributed by atoms with E-state index >= 15 is 0 Å². The molecular formula is C27H25N3O3. The summed E-state index contributed by atoms with van der Waals surface area (Å²) < 4.78 is 5.27. The van der Waals surface area contributed by atoms with Gasteiger partial charge in [0.1, 0.15) is 5.52 Å². The molecule has 1 N–H and O–H groups in total. The second-order valence-electron chi connectivity index (χ2n) is 8.50. The predicted molar refractivity (Wildman–Crippen MR) is 127 cm³/mol. The maximum absolute atomic E-state index is 13.1. The van der Waals surface area contributed by atoms with Gasteiger partial charge in [-0.15, -0.1) is 0 Å². The Morgan fingerprint density at radius 3 is 2.48 bits per heavy atom. The smallest absolute Gasteiger partial charge is 0.253 e. The van der Waals surface area contributed by atoms with Crippen LogP contribution in [0.5, 0.6) is 0 Å². The minimum Gasteiger partial charge on any atom is -0.443 e. The number of aromatic nitrogens is 1. The summed E-state index contributed by atoms with van der Waals surface area (Å²) in [6, 6.07) is 19.2. The molecule has 2 heterocycles. The van der Waals surface area contributed by atoms with Gasteiger partial charge in [0.15, 0.2) is 12.0 Å². The molecule has 4 aromatic rings. The topological polar surface area (TPSA) is 75.4 Å². The van der Waals surface area contributed by atoms with E-state index in [0.717, 1.165) is 53.7 Å². The van der Waals surface area contributed by atoms with Crippen molar-refractivity contribution >= 4 is 22.9 Å². The lowest BCUT2D eigenvalue weighted by Gasteiger charge is -2.17. The van der Waals surface area contributed by atoms with E-state index in [2.05, 4.69) is 10.3 Å². The number of rotatable bonds is 5. The molecule has 0 atom stereocenters. The Kier molecular flexibility index (Phi) is 5.65. The number of hydrogen-bond donors (Lipinski definition) is 1. The highest BCUT2D eigenvalue weighted by molar-refractivity contribution is 6.01. The minimum atomic E-state index is -0.223. The Morgan fingerprint density at radius 2 is 1.70 bits per heavy atom. The van der Waals surface area contributed by atoms with E-state index in [-0.39, 0.29) is 11.8 Å². The molecular weight excluding hydrogens is 414 g/mol. The van der Waals surface area contributed by atoms with Crippen LogP contribution in [0.3, 0.4) is 0 Å². The molecule has 0 radical (unpaired) electrons. The molecule has 1 fully saturated rings. The number of likely N-dealkylation sites (tertiary alicyclic amines) is 1. The molecule has 0 spiro atoms. The van der Waals surface area contributed by atoms with E-state index in [4.69, 9.17) is 4.42 Å². The number of nitrogens with one attached hydrogen (secondary N) is 1. The zero-order chi connectivity index (χ0) is 22.8. The van der Waals surface area contributed by atoms with Gasteiger partial charge < -0.3 is 14.6 Å². The summed E-state index contributed by atoms with van der Waals surface area (Å²) in [5, 5.41) is 2.97. The summed E-state index contributed by atoms with van der Waals surface area (Å²) in [5.74, 6) is -0.244. The number of fused-ring (bicyclic) bond motifs is 1. The fourth-order valence-electron chi connectivity index (χ4n) is 4.20. The van der Waals surface area contributed by atoms with Crippen LogP contribution in [-0.2, 0) is 6.54 Å². The molecule has 166 valence electrons. The second kappa shape index (κ2) is 8.90. The average molecular weight is 440 g/mol. The van der Waals surface area contributed by atoms with Crippen LogP contribution in [0.25, 0.3) is 22.2 Å². The van der Waals surface area contributed by atoms with Gasteiger partial charge in [-0.05, 0) is 66.8 Å². The van der Waals surface area contributed by atoms with Crippen LogP contribution in [0.2, 0.25) is 0 Å². The van der Waals surface area contributed by atoms with Crippen LogP contribution in [0.1, 0.15) is 44.7 Å². The van der Waals surface area contributed by atoms with Gasteiger partial charge in [-0.25, -0.2) is 4.98 Å². The molecule has 6 heteroatoms. The molecule has 0 bridgehead atoms. The maximum Gasteiger partial charge on any atom is 0.253 e. The van der Waals surface area contributed by atoms with Crippen LogP contribution in [-0.4, -0.2) is 34.8 Å². The lowest BCUT2D eigenvalue weighted by Crippen LogP contribution is -2.28. The van der Waals surface area contributed by atoms with E-state index in [1.165, 1.54) is 6.39 Å². The second-order valence-corrected chi connectivity index (χ2v) is 8.50. The Balaban J connectivity index is 1.43. The first-order valence-electron chi connectivity index (χ1n) is 11.2. The monoisotopic (exact) mass is 439 g/mol. The molecule has 33 heavy (non-hydrogen) atoms. The fraction of sp³-hybridized carbons (Fsp3) is 0.222. The quantitative estimate of drug-likeness (QED) is 0.476.